The molecule has 3 rings (SSSR count). The summed E-state index contributed by atoms with van der Waals surface area (Å²) in [5.41, 5.74) is 0.256. The van der Waals surface area contributed by atoms with Gasteiger partial charge in [-0.05, 0) is 26.3 Å². The van der Waals surface area contributed by atoms with E-state index in [1.54, 1.807) is 31.7 Å². The van der Waals surface area contributed by atoms with Gasteiger partial charge in [0.1, 0.15) is 17.6 Å². The number of aromatic nitrogens is 3. The smallest absolute Gasteiger partial charge is 0.355 e. The number of carbonyl (C=O) groups excluding carboxylic acids is 3. The molecule has 0 unspecified atom stereocenters. The van der Waals surface area contributed by atoms with E-state index in [0.29, 0.717) is 16.7 Å². The predicted octanol–water partition coefficient (Wildman–Crippen LogP) is 0.987. The topological polar surface area (TPSA) is 94.4 Å². The molecule has 0 aromatic carbocycles. The highest BCUT2D eigenvalue weighted by atomic mass is 32.2. The number of hydrogen-bond donors (Lipinski definition) is 0. The molecule has 1 atom stereocenters. The molecule has 0 radical (unpaired) electrons. The maximum absolute atomic E-state index is 12.7. The number of hydrogen-bond acceptors (Lipinski definition) is 8. The molecule has 0 saturated carbocycles. The van der Waals surface area contributed by atoms with Crippen molar-refractivity contribution in [3.05, 3.63) is 17.6 Å². The number of thioether (sulfide) groups is 2. The Morgan fingerprint density at radius 1 is 1.44 bits per heavy atom. The molecule has 25 heavy (non-hydrogen) atoms. The van der Waals surface area contributed by atoms with Crippen molar-refractivity contribution in [3.8, 4) is 0 Å². The van der Waals surface area contributed by atoms with E-state index < -0.39 is 28.6 Å². The van der Waals surface area contributed by atoms with Crippen LogP contribution in [0.1, 0.15) is 20.8 Å². The van der Waals surface area contributed by atoms with Crippen LogP contribution in [0.2, 0.25) is 0 Å². The van der Waals surface area contributed by atoms with Gasteiger partial charge in [0, 0.05) is 18.6 Å². The summed E-state index contributed by atoms with van der Waals surface area (Å²) in [5, 5.41) is 7.91. The molecule has 2 aliphatic rings. The van der Waals surface area contributed by atoms with E-state index in [1.807, 2.05) is 7.05 Å². The Balaban J connectivity index is 1.88. The molecule has 1 fully saturated rings. The van der Waals surface area contributed by atoms with E-state index >= 15 is 0 Å². The number of fused-ring (bicyclic) bond motifs is 1. The summed E-state index contributed by atoms with van der Waals surface area (Å²) in [4.78, 5) is 37.6. The maximum atomic E-state index is 12.7. The fourth-order valence-corrected chi connectivity index (χ4v) is 4.63. The Morgan fingerprint density at radius 3 is 2.76 bits per heavy atom. The van der Waals surface area contributed by atoms with Crippen molar-refractivity contribution in [2.45, 2.75) is 36.9 Å². The summed E-state index contributed by atoms with van der Waals surface area (Å²) in [6, 6.07) is 0. The number of carbonyl (C=O) groups is 3. The van der Waals surface area contributed by atoms with Gasteiger partial charge in [-0.2, -0.15) is 0 Å². The van der Waals surface area contributed by atoms with Gasteiger partial charge in [0.25, 0.3) is 11.7 Å². The molecule has 0 spiro atoms. The number of esters is 1. The number of ketones is 1. The van der Waals surface area contributed by atoms with Gasteiger partial charge in [-0.15, -0.1) is 22.0 Å². The molecule has 0 bridgehead atoms. The Labute approximate surface area is 153 Å². The second-order valence-corrected chi connectivity index (χ2v) is 8.68. The quantitative estimate of drug-likeness (QED) is 0.329. The number of nitrogens with zero attached hydrogens (tertiary/aromatic N) is 4. The van der Waals surface area contributed by atoms with Crippen LogP contribution in [0.4, 0.5) is 0 Å². The van der Waals surface area contributed by atoms with E-state index in [4.69, 9.17) is 4.74 Å². The minimum atomic E-state index is -0.691. The second-order valence-electron chi connectivity index (χ2n) is 6.67. The molecule has 1 aromatic heterocycles. The Hall–Kier alpha value is -1.81. The predicted molar refractivity (Wildman–Crippen MR) is 92.7 cm³/mol. The van der Waals surface area contributed by atoms with Gasteiger partial charge >= 0.3 is 5.97 Å². The van der Waals surface area contributed by atoms with Gasteiger partial charge in [-0.3, -0.25) is 14.5 Å². The fraction of sp³-hybridized carbons (Fsp3) is 0.533. The zero-order valence-electron chi connectivity index (χ0n) is 14.3. The lowest BCUT2D eigenvalue weighted by Crippen LogP contribution is -2.62. The summed E-state index contributed by atoms with van der Waals surface area (Å²) in [6.45, 7) is 5.28. The minimum Gasteiger partial charge on any atom is -0.455 e. The lowest BCUT2D eigenvalue weighted by molar-refractivity contribution is -0.161. The van der Waals surface area contributed by atoms with Crippen LogP contribution in [0, 0.1) is 0 Å². The lowest BCUT2D eigenvalue weighted by Gasteiger charge is -2.43. The molecule has 0 N–H and O–H groups in total. The van der Waals surface area contributed by atoms with Crippen LogP contribution in [0.3, 0.4) is 0 Å². The van der Waals surface area contributed by atoms with Crippen LogP contribution in [-0.4, -0.2) is 59.8 Å². The lowest BCUT2D eigenvalue weighted by atomic mass is 10.1. The van der Waals surface area contributed by atoms with Crippen molar-refractivity contribution in [3.63, 3.8) is 0 Å². The van der Waals surface area contributed by atoms with E-state index in [0.717, 1.165) is 5.57 Å². The highest BCUT2D eigenvalue weighted by Crippen LogP contribution is 2.40. The van der Waals surface area contributed by atoms with Gasteiger partial charge in [-0.25, -0.2) is 4.79 Å². The zero-order chi connectivity index (χ0) is 18.4. The second kappa shape index (κ2) is 6.49. The summed E-state index contributed by atoms with van der Waals surface area (Å²) < 4.78 is 7.22. The first-order valence-corrected chi connectivity index (χ1v) is 9.63. The molecule has 8 nitrogen and oxygen atoms in total. The highest BCUT2D eigenvalue weighted by molar-refractivity contribution is 8.01. The third kappa shape index (κ3) is 3.45. The normalized spacial score (nSPS) is 20.5. The van der Waals surface area contributed by atoms with Crippen LogP contribution < -0.4 is 0 Å². The number of ether oxygens (including phenoxy) is 1. The van der Waals surface area contributed by atoms with Crippen molar-refractivity contribution in [2.24, 2.45) is 7.05 Å². The molecule has 2 aliphatic heterocycles. The van der Waals surface area contributed by atoms with Crippen LogP contribution >= 0.6 is 23.5 Å². The van der Waals surface area contributed by atoms with Crippen molar-refractivity contribution >= 4 is 41.2 Å². The van der Waals surface area contributed by atoms with Gasteiger partial charge < -0.3 is 9.30 Å². The van der Waals surface area contributed by atoms with E-state index in [2.05, 4.69) is 10.2 Å². The molecular weight excluding hydrogens is 364 g/mol. The van der Waals surface area contributed by atoms with Gasteiger partial charge in [0.15, 0.2) is 10.5 Å². The summed E-state index contributed by atoms with van der Waals surface area (Å²) >= 11 is 2.76. The molecule has 10 heteroatoms. The third-order valence-corrected chi connectivity index (χ3v) is 5.89. The van der Waals surface area contributed by atoms with Crippen molar-refractivity contribution in [1.82, 2.24) is 19.7 Å². The summed E-state index contributed by atoms with van der Waals surface area (Å²) in [7, 11) is 1.83. The molecule has 1 amide bonds. The molecule has 3 heterocycles. The molecule has 1 aromatic rings. The number of aryl methyl sites for hydroxylation is 1. The summed E-state index contributed by atoms with van der Waals surface area (Å²) in [6.07, 6.45) is 1.59. The number of Topliss-reactive ketones (excluding diaryl/α,β-unsaturated/α-hetero) is 1. The maximum Gasteiger partial charge on any atom is 0.355 e. The van der Waals surface area contributed by atoms with Gasteiger partial charge in [0.05, 0.1) is 0 Å². The van der Waals surface area contributed by atoms with Crippen molar-refractivity contribution in [2.75, 3.05) is 11.5 Å². The van der Waals surface area contributed by atoms with E-state index in [9.17, 15) is 14.4 Å². The highest BCUT2D eigenvalue weighted by Gasteiger charge is 2.53. The number of amides is 1. The van der Waals surface area contributed by atoms with Crippen molar-refractivity contribution in [1.29, 1.82) is 0 Å². The third-order valence-electron chi connectivity index (χ3n) is 3.52. The Morgan fingerprint density at radius 2 is 2.16 bits per heavy atom. The average Bonchev–Trinajstić information content (AvgIpc) is 2.94. The first-order chi connectivity index (χ1) is 11.7. The molecule has 1 saturated heterocycles. The number of rotatable bonds is 4. The van der Waals surface area contributed by atoms with Crippen LogP contribution in [0.5, 0.6) is 0 Å². The zero-order valence-corrected chi connectivity index (χ0v) is 15.9. The van der Waals surface area contributed by atoms with E-state index in [1.165, 1.54) is 28.4 Å². The van der Waals surface area contributed by atoms with E-state index in [-0.39, 0.29) is 5.70 Å². The van der Waals surface area contributed by atoms with Crippen LogP contribution in [0.15, 0.2) is 22.8 Å². The molecule has 134 valence electrons. The first-order valence-electron chi connectivity index (χ1n) is 7.60. The largest absolute Gasteiger partial charge is 0.455 e. The average molecular weight is 382 g/mol. The van der Waals surface area contributed by atoms with Crippen LogP contribution in [0.25, 0.3) is 0 Å². The van der Waals surface area contributed by atoms with Crippen molar-refractivity contribution < 1.29 is 19.1 Å². The molecule has 0 aliphatic carbocycles. The Bertz CT molecular complexity index is 781. The summed E-state index contributed by atoms with van der Waals surface area (Å²) in [5.74, 6) is -0.754. The minimum absolute atomic E-state index is 0.193. The van der Waals surface area contributed by atoms with Crippen LogP contribution in [-0.2, 0) is 26.2 Å². The van der Waals surface area contributed by atoms with Gasteiger partial charge in [0.2, 0.25) is 0 Å². The monoisotopic (exact) mass is 382 g/mol. The van der Waals surface area contributed by atoms with Gasteiger partial charge in [-0.1, -0.05) is 11.8 Å². The number of β-lactam (4-membered cyclic amide) rings is 1. The Kier molecular flexibility index (Phi) is 4.67. The SMILES string of the molecule is Cn1cnnc1SCC1=C(C(=O)OC(C)(C)C)N2C(=O)C(=O)[C@H]2SC1. The molecular formula is C15H18N4O4S2. The fourth-order valence-electron chi connectivity index (χ4n) is 2.40. The first kappa shape index (κ1) is 18.0. The standard InChI is InChI=1S/C15H18N4O4S2/c1-15(2,3)23-13(22)9-8(6-25-14-17-16-7-18(14)4)5-24-12-10(20)11(21)19(9)12/h7,12H,5-6H2,1-4H3/t12-/m1/s1.